The van der Waals surface area contributed by atoms with Gasteiger partial charge in [0.25, 0.3) is 0 Å². The Kier molecular flexibility index (Phi) is 39.3. The third kappa shape index (κ3) is 35.3. The van der Waals surface area contributed by atoms with Crippen molar-refractivity contribution in [3.8, 4) is 0 Å². The monoisotopic (exact) mass is 806 g/mol. The lowest BCUT2D eigenvalue weighted by atomic mass is 9.91. The van der Waals surface area contributed by atoms with Crippen LogP contribution in [0, 0.1) is 17.8 Å². The SMILES string of the molecule is CCCCCC(CCCCC)CCOC(=O)CCCCCCCCC(CCCCCCCCC(=O)OCCC(CCCCC)CCCCC)CCN1CCOCC1. The molecule has 0 aliphatic carbocycles. The third-order valence-corrected chi connectivity index (χ3v) is 12.9. The van der Waals surface area contributed by atoms with Crippen molar-refractivity contribution >= 4 is 11.9 Å². The van der Waals surface area contributed by atoms with Gasteiger partial charge >= 0.3 is 11.9 Å². The van der Waals surface area contributed by atoms with Gasteiger partial charge in [-0.05, 0) is 56.4 Å². The minimum atomic E-state index is 0.0174. The van der Waals surface area contributed by atoms with Crippen molar-refractivity contribution in [2.45, 2.75) is 252 Å². The lowest BCUT2D eigenvalue weighted by Gasteiger charge is -2.28. The van der Waals surface area contributed by atoms with Crippen molar-refractivity contribution in [1.82, 2.24) is 4.90 Å². The molecule has 0 aromatic carbocycles. The Labute approximate surface area is 355 Å². The van der Waals surface area contributed by atoms with Crippen LogP contribution in [0.15, 0.2) is 0 Å². The van der Waals surface area contributed by atoms with Crippen LogP contribution in [0.5, 0.6) is 0 Å². The van der Waals surface area contributed by atoms with E-state index in [2.05, 4.69) is 32.6 Å². The van der Waals surface area contributed by atoms with Gasteiger partial charge in [0.15, 0.2) is 0 Å². The molecule has 0 N–H and O–H groups in total. The highest BCUT2D eigenvalue weighted by atomic mass is 16.5. The van der Waals surface area contributed by atoms with E-state index in [-0.39, 0.29) is 11.9 Å². The molecule has 1 aliphatic rings. The number of hydrogen-bond donors (Lipinski definition) is 0. The van der Waals surface area contributed by atoms with Gasteiger partial charge in [-0.3, -0.25) is 14.5 Å². The van der Waals surface area contributed by atoms with Crippen LogP contribution in [0.3, 0.4) is 0 Å². The van der Waals surface area contributed by atoms with Crippen molar-refractivity contribution in [1.29, 1.82) is 0 Å². The summed E-state index contributed by atoms with van der Waals surface area (Å²) in [7, 11) is 0. The van der Waals surface area contributed by atoms with Crippen LogP contribution in [0.25, 0.3) is 0 Å². The average Bonchev–Trinajstić information content (AvgIpc) is 3.21. The maximum Gasteiger partial charge on any atom is 0.305 e. The van der Waals surface area contributed by atoms with E-state index in [0.29, 0.717) is 26.1 Å². The van der Waals surface area contributed by atoms with Crippen molar-refractivity contribution in [2.24, 2.45) is 17.8 Å². The molecular formula is C51H99NO5. The number of unbranched alkanes of at least 4 members (excludes halogenated alkanes) is 18. The van der Waals surface area contributed by atoms with E-state index < -0.39 is 0 Å². The van der Waals surface area contributed by atoms with Crippen molar-refractivity contribution in [3.05, 3.63) is 0 Å². The molecule has 338 valence electrons. The molecule has 1 heterocycles. The summed E-state index contributed by atoms with van der Waals surface area (Å²) in [5, 5.41) is 0. The largest absolute Gasteiger partial charge is 0.466 e. The highest BCUT2D eigenvalue weighted by molar-refractivity contribution is 5.69. The fourth-order valence-corrected chi connectivity index (χ4v) is 8.86. The zero-order valence-corrected chi connectivity index (χ0v) is 38.9. The van der Waals surface area contributed by atoms with Crippen molar-refractivity contribution in [3.63, 3.8) is 0 Å². The molecule has 0 atom stereocenters. The Hall–Kier alpha value is -1.14. The van der Waals surface area contributed by atoms with E-state index in [1.165, 1.54) is 180 Å². The Morgan fingerprint density at radius 2 is 0.737 bits per heavy atom. The lowest BCUT2D eigenvalue weighted by Crippen LogP contribution is -2.37. The second-order valence-electron chi connectivity index (χ2n) is 18.2. The van der Waals surface area contributed by atoms with Gasteiger partial charge in [-0.1, -0.05) is 207 Å². The molecule has 1 rings (SSSR count). The highest BCUT2D eigenvalue weighted by Gasteiger charge is 2.15. The minimum absolute atomic E-state index is 0.0174. The van der Waals surface area contributed by atoms with E-state index in [1.807, 2.05) is 0 Å². The van der Waals surface area contributed by atoms with Crippen LogP contribution < -0.4 is 0 Å². The second-order valence-corrected chi connectivity index (χ2v) is 18.2. The molecule has 0 saturated carbocycles. The molecule has 6 nitrogen and oxygen atoms in total. The van der Waals surface area contributed by atoms with Crippen LogP contribution in [-0.2, 0) is 23.8 Å². The molecule has 57 heavy (non-hydrogen) atoms. The number of carbonyl (C=O) groups is 2. The molecule has 0 unspecified atom stereocenters. The first-order valence-corrected chi connectivity index (χ1v) is 25.6. The van der Waals surface area contributed by atoms with Gasteiger partial charge in [0.1, 0.15) is 0 Å². The van der Waals surface area contributed by atoms with Gasteiger partial charge in [-0.15, -0.1) is 0 Å². The maximum atomic E-state index is 12.4. The number of esters is 2. The topological polar surface area (TPSA) is 65.1 Å². The number of rotatable bonds is 43. The molecule has 0 amide bonds. The molecule has 1 fully saturated rings. The van der Waals surface area contributed by atoms with Crippen LogP contribution in [0.1, 0.15) is 252 Å². The summed E-state index contributed by atoms with van der Waals surface area (Å²) in [6, 6.07) is 0. The van der Waals surface area contributed by atoms with Gasteiger partial charge in [0.05, 0.1) is 26.4 Å². The van der Waals surface area contributed by atoms with Crippen LogP contribution in [-0.4, -0.2) is 62.9 Å². The normalized spacial score (nSPS) is 13.7. The van der Waals surface area contributed by atoms with E-state index in [1.54, 1.807) is 0 Å². The van der Waals surface area contributed by atoms with Crippen LogP contribution in [0.4, 0.5) is 0 Å². The predicted molar refractivity (Wildman–Crippen MR) is 244 cm³/mol. The fraction of sp³-hybridized carbons (Fsp3) is 0.961. The Morgan fingerprint density at radius 1 is 0.421 bits per heavy atom. The van der Waals surface area contributed by atoms with Crippen molar-refractivity contribution in [2.75, 3.05) is 46.1 Å². The molecule has 0 aromatic rings. The second kappa shape index (κ2) is 41.6. The lowest BCUT2D eigenvalue weighted by molar-refractivity contribution is -0.145. The van der Waals surface area contributed by atoms with E-state index in [9.17, 15) is 9.59 Å². The summed E-state index contributed by atoms with van der Waals surface area (Å²) in [6.45, 7) is 15.5. The summed E-state index contributed by atoms with van der Waals surface area (Å²) in [5.41, 5.74) is 0. The van der Waals surface area contributed by atoms with Crippen LogP contribution in [0.2, 0.25) is 0 Å². The van der Waals surface area contributed by atoms with Gasteiger partial charge < -0.3 is 14.2 Å². The smallest absolute Gasteiger partial charge is 0.305 e. The summed E-state index contributed by atoms with van der Waals surface area (Å²) in [4.78, 5) is 27.4. The first-order valence-electron chi connectivity index (χ1n) is 25.6. The van der Waals surface area contributed by atoms with Crippen molar-refractivity contribution < 1.29 is 23.8 Å². The molecular weight excluding hydrogens is 707 g/mol. The van der Waals surface area contributed by atoms with Gasteiger partial charge in [0.2, 0.25) is 0 Å². The molecule has 1 aliphatic heterocycles. The molecule has 0 aromatic heterocycles. The Morgan fingerprint density at radius 3 is 1.11 bits per heavy atom. The first kappa shape index (κ1) is 53.9. The molecule has 0 bridgehead atoms. The van der Waals surface area contributed by atoms with E-state index in [4.69, 9.17) is 14.2 Å². The summed E-state index contributed by atoms with van der Waals surface area (Å²) < 4.78 is 16.9. The number of nitrogens with zero attached hydrogens (tertiary/aromatic N) is 1. The quantitative estimate of drug-likeness (QED) is 0.0452. The van der Waals surface area contributed by atoms with E-state index in [0.717, 1.165) is 82.6 Å². The zero-order valence-electron chi connectivity index (χ0n) is 38.9. The fourth-order valence-electron chi connectivity index (χ4n) is 8.86. The molecule has 1 saturated heterocycles. The summed E-state index contributed by atoms with van der Waals surface area (Å²) in [6.07, 6.45) is 42.7. The first-order chi connectivity index (χ1) is 28.0. The Balaban J connectivity index is 2.18. The van der Waals surface area contributed by atoms with E-state index >= 15 is 0 Å². The molecule has 0 spiro atoms. The van der Waals surface area contributed by atoms with Gasteiger partial charge in [-0.25, -0.2) is 0 Å². The highest BCUT2D eigenvalue weighted by Crippen LogP contribution is 2.25. The summed E-state index contributed by atoms with van der Waals surface area (Å²) in [5.74, 6) is 2.31. The minimum Gasteiger partial charge on any atom is -0.466 e. The average molecular weight is 806 g/mol. The molecule has 0 radical (unpaired) electrons. The number of ether oxygens (including phenoxy) is 3. The van der Waals surface area contributed by atoms with Crippen LogP contribution >= 0.6 is 0 Å². The van der Waals surface area contributed by atoms with Gasteiger partial charge in [0, 0.05) is 25.9 Å². The van der Waals surface area contributed by atoms with Gasteiger partial charge in [-0.2, -0.15) is 0 Å². The summed E-state index contributed by atoms with van der Waals surface area (Å²) >= 11 is 0. The molecule has 6 heteroatoms. The maximum absolute atomic E-state index is 12.4. The number of morpholine rings is 1. The third-order valence-electron chi connectivity index (χ3n) is 12.9. The number of carbonyl (C=O) groups excluding carboxylic acids is 2. The number of hydrogen-bond acceptors (Lipinski definition) is 6. The predicted octanol–water partition coefficient (Wildman–Crippen LogP) is 15.0. The standard InChI is InChI=1S/C51H99NO5/c1-5-9-21-29-48(30-22-10-6-2)38-43-56-50(53)35-27-19-15-13-17-25-33-47(37-40-52-41-45-55-46-42-52)34-26-18-14-16-20-28-36-51(54)57-44-39-49(31-23-11-7-3)32-24-12-8-4/h47-49H,5-46H2,1-4H3. The Bertz CT molecular complexity index is 783. The zero-order chi connectivity index (χ0) is 41.3.